The fraction of sp³-hybridized carbons (Fsp3) is 0.538. The van der Waals surface area contributed by atoms with Crippen LogP contribution in [0.5, 0.6) is 0 Å². The summed E-state index contributed by atoms with van der Waals surface area (Å²) in [4.78, 5) is 20.2. The van der Waals surface area contributed by atoms with Gasteiger partial charge in [-0.05, 0) is 48.6 Å². The van der Waals surface area contributed by atoms with Crippen LogP contribution in [0.15, 0.2) is 35.1 Å². The molecule has 1 unspecified atom stereocenters. The Bertz CT molecular complexity index is 1410. The van der Waals surface area contributed by atoms with Crippen molar-refractivity contribution in [2.45, 2.75) is 47.2 Å². The predicted molar refractivity (Wildman–Crippen MR) is 141 cm³/mol. The van der Waals surface area contributed by atoms with Crippen LogP contribution in [0.1, 0.15) is 44.9 Å². The molecule has 3 aromatic rings. The standard InChI is InChI=1S/C26H37N5O3S/c1-18-8-9-20(19(2)29-12-14-30(15-13-29)35(7,33)34)16-21(18)22-10-11-23-24(27-22)28(6)25(32)31(23)17-26(3,4)5/h8-11,16,19H,12-15,17H2,1-7H3. The van der Waals surface area contributed by atoms with Gasteiger partial charge in [0.2, 0.25) is 10.0 Å². The van der Waals surface area contributed by atoms with Crippen molar-refractivity contribution >= 4 is 21.2 Å². The summed E-state index contributed by atoms with van der Waals surface area (Å²) >= 11 is 0. The second-order valence-corrected chi connectivity index (χ2v) is 13.0. The van der Waals surface area contributed by atoms with Gasteiger partial charge in [0.1, 0.15) is 0 Å². The molecule has 0 spiro atoms. The number of imidazole rings is 1. The molecule has 4 rings (SSSR count). The quantitative estimate of drug-likeness (QED) is 0.538. The van der Waals surface area contributed by atoms with Gasteiger partial charge in [-0.3, -0.25) is 14.0 Å². The number of hydrogen-bond acceptors (Lipinski definition) is 5. The highest BCUT2D eigenvalue weighted by Crippen LogP contribution is 2.30. The predicted octanol–water partition coefficient (Wildman–Crippen LogP) is 3.39. The molecule has 0 amide bonds. The fourth-order valence-electron chi connectivity index (χ4n) is 4.86. The van der Waals surface area contributed by atoms with E-state index in [1.165, 1.54) is 11.8 Å². The molecule has 0 bridgehead atoms. The van der Waals surface area contributed by atoms with E-state index in [0.717, 1.165) is 22.3 Å². The summed E-state index contributed by atoms with van der Waals surface area (Å²) in [5.74, 6) is 0. The highest BCUT2D eigenvalue weighted by molar-refractivity contribution is 7.88. The van der Waals surface area contributed by atoms with E-state index in [9.17, 15) is 13.2 Å². The van der Waals surface area contributed by atoms with Gasteiger partial charge in [-0.2, -0.15) is 4.31 Å². The smallest absolute Gasteiger partial charge is 0.294 e. The maximum Gasteiger partial charge on any atom is 0.330 e. The largest absolute Gasteiger partial charge is 0.330 e. The van der Waals surface area contributed by atoms with Crippen molar-refractivity contribution < 1.29 is 8.42 Å². The minimum atomic E-state index is -3.15. The van der Waals surface area contributed by atoms with Gasteiger partial charge in [0.05, 0.1) is 17.5 Å². The summed E-state index contributed by atoms with van der Waals surface area (Å²) in [5.41, 5.74) is 5.63. The Morgan fingerprint density at radius 3 is 2.31 bits per heavy atom. The SMILES string of the molecule is Cc1ccc(C(C)N2CCN(S(C)(=O)=O)CC2)cc1-c1ccc2c(n1)n(C)c(=O)n2CC(C)(C)C. The summed E-state index contributed by atoms with van der Waals surface area (Å²) in [6.07, 6.45) is 1.27. The molecule has 0 aliphatic carbocycles. The zero-order valence-electron chi connectivity index (χ0n) is 21.9. The zero-order valence-corrected chi connectivity index (χ0v) is 22.7. The molecule has 1 fully saturated rings. The number of sulfonamides is 1. The average Bonchev–Trinajstić information content (AvgIpc) is 3.01. The van der Waals surface area contributed by atoms with Gasteiger partial charge in [0.15, 0.2) is 5.65 Å². The van der Waals surface area contributed by atoms with Crippen molar-refractivity contribution in [3.05, 3.63) is 51.9 Å². The van der Waals surface area contributed by atoms with Gasteiger partial charge in [0.25, 0.3) is 0 Å². The first-order valence-corrected chi connectivity index (χ1v) is 14.0. The summed E-state index contributed by atoms with van der Waals surface area (Å²) in [5, 5.41) is 0. The minimum Gasteiger partial charge on any atom is -0.294 e. The van der Waals surface area contributed by atoms with Crippen LogP contribution < -0.4 is 5.69 Å². The van der Waals surface area contributed by atoms with Gasteiger partial charge in [-0.25, -0.2) is 18.2 Å². The van der Waals surface area contributed by atoms with Crippen molar-refractivity contribution in [3.8, 4) is 11.3 Å². The second-order valence-electron chi connectivity index (χ2n) is 11.0. The summed E-state index contributed by atoms with van der Waals surface area (Å²) in [6, 6.07) is 10.6. The molecule has 0 N–H and O–H groups in total. The van der Waals surface area contributed by atoms with Crippen LogP contribution in [0.3, 0.4) is 0 Å². The van der Waals surface area contributed by atoms with Crippen LogP contribution in [-0.4, -0.2) is 64.2 Å². The number of hydrogen-bond donors (Lipinski definition) is 0. The second kappa shape index (κ2) is 9.19. The third-order valence-corrected chi connectivity index (χ3v) is 8.23. The van der Waals surface area contributed by atoms with Crippen molar-refractivity contribution in [2.75, 3.05) is 32.4 Å². The van der Waals surface area contributed by atoms with Crippen LogP contribution in [0, 0.1) is 12.3 Å². The molecule has 3 heterocycles. The highest BCUT2D eigenvalue weighted by atomic mass is 32.2. The molecule has 1 aromatic carbocycles. The van der Waals surface area contributed by atoms with E-state index in [-0.39, 0.29) is 17.1 Å². The Hall–Kier alpha value is -2.49. The lowest BCUT2D eigenvalue weighted by Crippen LogP contribution is -2.48. The molecule has 190 valence electrons. The number of fused-ring (bicyclic) bond motifs is 1. The number of aromatic nitrogens is 3. The Morgan fingerprint density at radius 1 is 1.06 bits per heavy atom. The van der Waals surface area contributed by atoms with Crippen molar-refractivity contribution in [2.24, 2.45) is 12.5 Å². The van der Waals surface area contributed by atoms with Gasteiger partial charge < -0.3 is 0 Å². The fourth-order valence-corrected chi connectivity index (χ4v) is 5.69. The number of benzene rings is 1. The molecule has 0 radical (unpaired) electrons. The van der Waals surface area contributed by atoms with E-state index in [0.29, 0.717) is 38.4 Å². The van der Waals surface area contributed by atoms with Crippen LogP contribution >= 0.6 is 0 Å². The lowest BCUT2D eigenvalue weighted by Gasteiger charge is -2.37. The summed E-state index contributed by atoms with van der Waals surface area (Å²) < 4.78 is 28.7. The van der Waals surface area contributed by atoms with E-state index >= 15 is 0 Å². The lowest BCUT2D eigenvalue weighted by atomic mass is 9.96. The topological polar surface area (TPSA) is 80.4 Å². The number of aryl methyl sites for hydroxylation is 2. The maximum atomic E-state index is 12.9. The van der Waals surface area contributed by atoms with Crippen molar-refractivity contribution in [1.29, 1.82) is 0 Å². The first kappa shape index (κ1) is 25.6. The van der Waals surface area contributed by atoms with Crippen LogP contribution in [0.4, 0.5) is 0 Å². The zero-order chi connectivity index (χ0) is 25.7. The Balaban J connectivity index is 1.65. The lowest BCUT2D eigenvalue weighted by molar-refractivity contribution is 0.146. The monoisotopic (exact) mass is 499 g/mol. The van der Waals surface area contributed by atoms with E-state index in [1.807, 2.05) is 16.7 Å². The molecular formula is C26H37N5O3S. The van der Waals surface area contributed by atoms with Gasteiger partial charge in [-0.1, -0.05) is 32.9 Å². The molecule has 8 nitrogen and oxygen atoms in total. The van der Waals surface area contributed by atoms with Crippen LogP contribution in [0.2, 0.25) is 0 Å². The molecule has 1 saturated heterocycles. The third-order valence-electron chi connectivity index (χ3n) is 6.92. The number of piperazine rings is 1. The van der Waals surface area contributed by atoms with Crippen molar-refractivity contribution in [3.63, 3.8) is 0 Å². The Morgan fingerprint density at radius 2 is 1.71 bits per heavy atom. The number of pyridine rings is 1. The normalized spacial score (nSPS) is 17.2. The van der Waals surface area contributed by atoms with Gasteiger partial charge in [-0.15, -0.1) is 0 Å². The van der Waals surface area contributed by atoms with Gasteiger partial charge >= 0.3 is 5.69 Å². The van der Waals surface area contributed by atoms with Crippen LogP contribution in [0.25, 0.3) is 22.4 Å². The molecule has 1 aliphatic rings. The summed E-state index contributed by atoms with van der Waals surface area (Å²) in [6.45, 7) is 13.7. The van der Waals surface area contributed by atoms with Gasteiger partial charge in [0, 0.05) is 51.4 Å². The summed E-state index contributed by atoms with van der Waals surface area (Å²) in [7, 11) is -1.37. The molecule has 35 heavy (non-hydrogen) atoms. The molecule has 9 heteroatoms. The Labute approximate surface area is 208 Å². The molecular weight excluding hydrogens is 462 g/mol. The third kappa shape index (κ3) is 5.22. The molecule has 2 aromatic heterocycles. The van der Waals surface area contributed by atoms with E-state index in [1.54, 1.807) is 15.9 Å². The molecule has 1 atom stereocenters. The Kier molecular flexibility index (Phi) is 6.72. The maximum absolute atomic E-state index is 12.9. The first-order valence-electron chi connectivity index (χ1n) is 12.1. The number of nitrogens with zero attached hydrogens (tertiary/aromatic N) is 5. The van der Waals surface area contributed by atoms with E-state index in [4.69, 9.17) is 4.98 Å². The van der Waals surface area contributed by atoms with E-state index in [2.05, 4.69) is 57.7 Å². The first-order chi connectivity index (χ1) is 16.3. The number of rotatable bonds is 5. The highest BCUT2D eigenvalue weighted by Gasteiger charge is 2.27. The van der Waals surface area contributed by atoms with Crippen molar-refractivity contribution in [1.82, 2.24) is 23.3 Å². The van der Waals surface area contributed by atoms with Crippen LogP contribution in [-0.2, 0) is 23.6 Å². The average molecular weight is 500 g/mol. The molecule has 1 aliphatic heterocycles. The molecule has 0 saturated carbocycles. The minimum absolute atomic E-state index is 0.0232. The van der Waals surface area contributed by atoms with E-state index < -0.39 is 10.0 Å².